The van der Waals surface area contributed by atoms with Gasteiger partial charge in [0.1, 0.15) is 0 Å². The monoisotopic (exact) mass is 463 g/mol. The van der Waals surface area contributed by atoms with Crippen LogP contribution in [0.5, 0.6) is 0 Å². The van der Waals surface area contributed by atoms with E-state index in [9.17, 15) is 0 Å². The largest absolute Gasteiger partial charge is 0.381 e. The van der Waals surface area contributed by atoms with Gasteiger partial charge >= 0.3 is 0 Å². The lowest BCUT2D eigenvalue weighted by molar-refractivity contribution is -0.125. The maximum atomic E-state index is 6.10. The molecule has 0 aromatic heterocycles. The Morgan fingerprint density at radius 1 is 1.12 bits per heavy atom. The van der Waals surface area contributed by atoms with Crippen molar-refractivity contribution in [2.24, 2.45) is 22.2 Å². The van der Waals surface area contributed by atoms with Crippen LogP contribution in [0.2, 0.25) is 0 Å². The summed E-state index contributed by atoms with van der Waals surface area (Å²) in [5.74, 6) is 2.39. The minimum Gasteiger partial charge on any atom is -0.381 e. The van der Waals surface area contributed by atoms with E-state index >= 15 is 0 Å². The summed E-state index contributed by atoms with van der Waals surface area (Å²) in [5, 5.41) is 7.30. The van der Waals surface area contributed by atoms with Crippen LogP contribution in [0.15, 0.2) is 4.99 Å². The molecule has 0 aromatic carbocycles. The third-order valence-electron chi connectivity index (χ3n) is 6.77. The Bertz CT molecular complexity index is 462. The lowest BCUT2D eigenvalue weighted by atomic mass is 9.54. The topological polar surface area (TPSA) is 54.9 Å². The second-order valence-electron chi connectivity index (χ2n) is 8.08. The molecule has 2 aliphatic heterocycles. The highest BCUT2D eigenvalue weighted by Crippen LogP contribution is 2.60. The second kappa shape index (κ2) is 8.74. The summed E-state index contributed by atoms with van der Waals surface area (Å²) in [6.07, 6.45) is 9.39. The van der Waals surface area contributed by atoms with Gasteiger partial charge in [-0.3, -0.25) is 4.99 Å². The standard InChI is InChI=1S/C19H33N3O2.HI/c1-2-20-18(21-13-14-5-10-23-11-6-14)22-16-15-7-12-24-17(15)19(16)8-3-4-9-19;/h14-17H,2-13H2,1H3,(H2,20,21,22);1H. The number of halogens is 1. The van der Waals surface area contributed by atoms with Gasteiger partial charge < -0.3 is 20.1 Å². The van der Waals surface area contributed by atoms with Gasteiger partial charge in [-0.1, -0.05) is 12.8 Å². The molecule has 3 atom stereocenters. The van der Waals surface area contributed by atoms with Crippen molar-refractivity contribution in [3.63, 3.8) is 0 Å². The van der Waals surface area contributed by atoms with Crippen LogP contribution < -0.4 is 10.6 Å². The van der Waals surface area contributed by atoms with Crippen molar-refractivity contribution in [1.29, 1.82) is 0 Å². The average Bonchev–Trinajstić information content (AvgIpc) is 3.26. The molecule has 2 N–H and O–H groups in total. The zero-order chi connectivity index (χ0) is 16.4. The fraction of sp³-hybridized carbons (Fsp3) is 0.947. The molecule has 2 aliphatic carbocycles. The van der Waals surface area contributed by atoms with Gasteiger partial charge in [0.15, 0.2) is 5.96 Å². The molecule has 4 rings (SSSR count). The summed E-state index contributed by atoms with van der Waals surface area (Å²) in [5.41, 5.74) is 0.385. The zero-order valence-electron chi connectivity index (χ0n) is 15.5. The van der Waals surface area contributed by atoms with E-state index in [-0.39, 0.29) is 24.0 Å². The van der Waals surface area contributed by atoms with Crippen LogP contribution in [-0.4, -0.2) is 51.0 Å². The van der Waals surface area contributed by atoms with Crippen molar-refractivity contribution in [1.82, 2.24) is 10.6 Å². The number of nitrogens with one attached hydrogen (secondary N) is 2. The lowest BCUT2D eigenvalue weighted by Gasteiger charge is -2.57. The maximum Gasteiger partial charge on any atom is 0.191 e. The number of hydrogen-bond donors (Lipinski definition) is 2. The summed E-state index contributed by atoms with van der Waals surface area (Å²) < 4.78 is 11.6. The number of guanidine groups is 1. The highest BCUT2D eigenvalue weighted by Gasteiger charge is 2.65. The summed E-state index contributed by atoms with van der Waals surface area (Å²) >= 11 is 0. The van der Waals surface area contributed by atoms with Gasteiger partial charge in [-0.2, -0.15) is 0 Å². The molecule has 5 nitrogen and oxygen atoms in total. The fourth-order valence-electron chi connectivity index (χ4n) is 5.52. The maximum absolute atomic E-state index is 6.10. The van der Waals surface area contributed by atoms with Crippen LogP contribution in [0.3, 0.4) is 0 Å². The predicted molar refractivity (Wildman–Crippen MR) is 111 cm³/mol. The molecule has 0 bridgehead atoms. The third-order valence-corrected chi connectivity index (χ3v) is 6.77. The summed E-state index contributed by atoms with van der Waals surface area (Å²) in [6.45, 7) is 6.74. The Hall–Kier alpha value is -0.0800. The average molecular weight is 463 g/mol. The van der Waals surface area contributed by atoms with Crippen molar-refractivity contribution in [3.8, 4) is 0 Å². The quantitative estimate of drug-likeness (QED) is 0.383. The lowest BCUT2D eigenvalue weighted by Crippen LogP contribution is -2.69. The second-order valence-corrected chi connectivity index (χ2v) is 8.08. The van der Waals surface area contributed by atoms with Crippen molar-refractivity contribution < 1.29 is 9.47 Å². The van der Waals surface area contributed by atoms with E-state index in [2.05, 4.69) is 17.6 Å². The molecule has 6 heteroatoms. The first-order valence-corrected chi connectivity index (χ1v) is 10.1. The van der Waals surface area contributed by atoms with Gasteiger partial charge in [0, 0.05) is 50.3 Å². The van der Waals surface area contributed by atoms with Crippen LogP contribution in [0.25, 0.3) is 0 Å². The molecular weight excluding hydrogens is 429 g/mol. The van der Waals surface area contributed by atoms with Crippen molar-refractivity contribution in [2.75, 3.05) is 32.9 Å². The molecule has 3 unspecified atom stereocenters. The normalized spacial score (nSPS) is 34.3. The SMILES string of the molecule is CCNC(=NCC1CCOCC1)NC1C2CCOC2C12CCCC2.I. The number of ether oxygens (including phenoxy) is 2. The molecular formula is C19H34IN3O2. The number of rotatable bonds is 4. The highest BCUT2D eigenvalue weighted by molar-refractivity contribution is 14.0. The summed E-state index contributed by atoms with van der Waals surface area (Å²) in [4.78, 5) is 4.93. The minimum atomic E-state index is 0. The zero-order valence-corrected chi connectivity index (χ0v) is 17.8. The minimum absolute atomic E-state index is 0. The number of aliphatic imine (C=N–C) groups is 1. The first-order chi connectivity index (χ1) is 11.8. The molecule has 0 radical (unpaired) electrons. The van der Waals surface area contributed by atoms with Crippen LogP contribution in [0.4, 0.5) is 0 Å². The Labute approximate surface area is 169 Å². The van der Waals surface area contributed by atoms with E-state index < -0.39 is 0 Å². The van der Waals surface area contributed by atoms with Gasteiger partial charge in [0.05, 0.1) is 6.10 Å². The summed E-state index contributed by atoms with van der Waals surface area (Å²) in [6, 6.07) is 0.556. The Balaban J connectivity index is 0.00000182. The molecule has 4 fully saturated rings. The molecule has 0 aromatic rings. The Morgan fingerprint density at radius 2 is 1.88 bits per heavy atom. The molecule has 0 amide bonds. The van der Waals surface area contributed by atoms with Crippen LogP contribution in [-0.2, 0) is 9.47 Å². The molecule has 25 heavy (non-hydrogen) atoms. The van der Waals surface area contributed by atoms with E-state index in [1.54, 1.807) is 0 Å². The highest BCUT2D eigenvalue weighted by atomic mass is 127. The van der Waals surface area contributed by atoms with E-state index in [1.165, 1.54) is 32.1 Å². The van der Waals surface area contributed by atoms with Gasteiger partial charge in [0.25, 0.3) is 0 Å². The molecule has 4 aliphatic rings. The molecule has 2 saturated heterocycles. The number of hydrogen-bond acceptors (Lipinski definition) is 3. The van der Waals surface area contributed by atoms with Crippen molar-refractivity contribution in [2.45, 2.75) is 64.0 Å². The van der Waals surface area contributed by atoms with Gasteiger partial charge in [-0.15, -0.1) is 24.0 Å². The summed E-state index contributed by atoms with van der Waals surface area (Å²) in [7, 11) is 0. The van der Waals surface area contributed by atoms with Crippen molar-refractivity contribution in [3.05, 3.63) is 0 Å². The molecule has 1 spiro atoms. The molecule has 144 valence electrons. The number of fused-ring (bicyclic) bond motifs is 2. The third kappa shape index (κ3) is 3.81. The van der Waals surface area contributed by atoms with E-state index in [1.807, 2.05) is 0 Å². The van der Waals surface area contributed by atoms with E-state index in [0.717, 1.165) is 51.7 Å². The van der Waals surface area contributed by atoms with E-state index in [0.29, 0.717) is 29.4 Å². The van der Waals surface area contributed by atoms with E-state index in [4.69, 9.17) is 14.5 Å². The smallest absolute Gasteiger partial charge is 0.191 e. The Morgan fingerprint density at radius 3 is 2.60 bits per heavy atom. The van der Waals surface area contributed by atoms with Crippen LogP contribution >= 0.6 is 24.0 Å². The molecule has 2 saturated carbocycles. The number of nitrogens with zero attached hydrogens (tertiary/aromatic N) is 1. The Kier molecular flexibility index (Phi) is 6.88. The van der Waals surface area contributed by atoms with Gasteiger partial charge in [-0.25, -0.2) is 0 Å². The van der Waals surface area contributed by atoms with Gasteiger partial charge in [0.2, 0.25) is 0 Å². The fourth-order valence-corrected chi connectivity index (χ4v) is 5.52. The van der Waals surface area contributed by atoms with Crippen molar-refractivity contribution >= 4 is 29.9 Å². The molecule has 2 heterocycles. The first kappa shape index (κ1) is 19.7. The van der Waals surface area contributed by atoms with Gasteiger partial charge in [-0.05, 0) is 44.9 Å². The van der Waals surface area contributed by atoms with Crippen LogP contribution in [0, 0.1) is 17.3 Å². The first-order valence-electron chi connectivity index (χ1n) is 10.1. The predicted octanol–water partition coefficient (Wildman–Crippen LogP) is 2.93. The van der Waals surface area contributed by atoms with Crippen LogP contribution in [0.1, 0.15) is 51.9 Å².